The Morgan fingerprint density at radius 3 is 2.64 bits per heavy atom. The third kappa shape index (κ3) is 5.96. The van der Waals surface area contributed by atoms with Gasteiger partial charge in [-0.3, -0.25) is 5.01 Å². The van der Waals surface area contributed by atoms with E-state index < -0.39 is 0 Å². The minimum atomic E-state index is -0.0381. The van der Waals surface area contributed by atoms with Gasteiger partial charge in [-0.15, -0.1) is 0 Å². The molecule has 4 nitrogen and oxygen atoms in total. The van der Waals surface area contributed by atoms with Gasteiger partial charge in [-0.25, -0.2) is 0 Å². The van der Waals surface area contributed by atoms with Crippen LogP contribution in [0.4, 0.5) is 0 Å². The number of methoxy groups -OCH3 is 1. The van der Waals surface area contributed by atoms with E-state index >= 15 is 0 Å². The summed E-state index contributed by atoms with van der Waals surface area (Å²) in [5.41, 5.74) is 1.23. The highest BCUT2D eigenvalue weighted by Gasteiger charge is 2.40. The van der Waals surface area contributed by atoms with Crippen molar-refractivity contribution in [2.45, 2.75) is 96.4 Å². The number of ether oxygens (including phenoxy) is 1. The summed E-state index contributed by atoms with van der Waals surface area (Å²) in [7, 11) is 1.78. The van der Waals surface area contributed by atoms with Gasteiger partial charge in [-0.2, -0.15) is 5.10 Å². The number of unbranched alkanes of at least 4 members (excludes halogenated alkanes) is 6. The third-order valence-corrected chi connectivity index (χ3v) is 6.20. The molecule has 2 aliphatic rings. The van der Waals surface area contributed by atoms with Crippen LogP contribution in [-0.4, -0.2) is 48.7 Å². The molecule has 1 saturated heterocycles. The van der Waals surface area contributed by atoms with Crippen LogP contribution >= 0.6 is 0 Å². The topological polar surface area (TPSA) is 45.1 Å². The first-order valence-corrected chi connectivity index (χ1v) is 10.7. The summed E-state index contributed by atoms with van der Waals surface area (Å²) in [6.45, 7) is 4.34. The average Bonchev–Trinajstić information content (AvgIpc) is 3.23. The lowest BCUT2D eigenvalue weighted by molar-refractivity contribution is 0.115. The van der Waals surface area contributed by atoms with Crippen molar-refractivity contribution in [3.05, 3.63) is 0 Å². The number of aliphatic hydroxyl groups is 1. The van der Waals surface area contributed by atoms with Crippen LogP contribution in [0.25, 0.3) is 0 Å². The van der Waals surface area contributed by atoms with Gasteiger partial charge >= 0.3 is 0 Å². The number of hydrogen-bond acceptors (Lipinski definition) is 4. The summed E-state index contributed by atoms with van der Waals surface area (Å²) in [4.78, 5) is 0. The van der Waals surface area contributed by atoms with Gasteiger partial charge in [0.25, 0.3) is 0 Å². The number of hydrogen-bond donors (Lipinski definition) is 1. The Kier molecular flexibility index (Phi) is 9.25. The average molecular weight is 353 g/mol. The Hall–Kier alpha value is -0.610. The fraction of sp³-hybridized carbons (Fsp3) is 0.952. The first-order valence-electron chi connectivity index (χ1n) is 10.7. The van der Waals surface area contributed by atoms with Crippen LogP contribution in [0.5, 0.6) is 0 Å². The summed E-state index contributed by atoms with van der Waals surface area (Å²) >= 11 is 0. The monoisotopic (exact) mass is 352 g/mol. The van der Waals surface area contributed by atoms with E-state index in [9.17, 15) is 5.11 Å². The van der Waals surface area contributed by atoms with Crippen molar-refractivity contribution in [3.63, 3.8) is 0 Å². The highest BCUT2D eigenvalue weighted by atomic mass is 16.5. The van der Waals surface area contributed by atoms with Gasteiger partial charge in [-0.1, -0.05) is 51.9 Å². The molecule has 1 heterocycles. The van der Waals surface area contributed by atoms with E-state index in [1.807, 2.05) is 0 Å². The van der Waals surface area contributed by atoms with Crippen molar-refractivity contribution >= 4 is 5.71 Å². The molecule has 0 unspecified atom stereocenters. The SMILES string of the molecule is CCCCCCCCC[C@@]1(CO)CCC/C1=N\N1CCC[C@@H]1COC. The van der Waals surface area contributed by atoms with Crippen LogP contribution in [-0.2, 0) is 4.74 Å². The molecule has 2 fully saturated rings. The second-order valence-corrected chi connectivity index (χ2v) is 8.12. The van der Waals surface area contributed by atoms with Gasteiger partial charge in [0, 0.05) is 24.8 Å². The van der Waals surface area contributed by atoms with E-state index in [2.05, 4.69) is 11.9 Å². The summed E-state index contributed by atoms with van der Waals surface area (Å²) in [5, 5.41) is 17.5. The molecule has 1 aliphatic carbocycles. The lowest BCUT2D eigenvalue weighted by Crippen LogP contribution is -2.35. The summed E-state index contributed by atoms with van der Waals surface area (Å²) in [6.07, 6.45) is 16.1. The van der Waals surface area contributed by atoms with Crippen LogP contribution in [0.3, 0.4) is 0 Å². The van der Waals surface area contributed by atoms with Gasteiger partial charge in [0.1, 0.15) is 0 Å². The van der Waals surface area contributed by atoms with Crippen molar-refractivity contribution in [2.75, 3.05) is 26.9 Å². The number of rotatable bonds is 12. The normalized spacial score (nSPS) is 28.4. The van der Waals surface area contributed by atoms with Gasteiger partial charge in [0.2, 0.25) is 0 Å². The standard InChI is InChI=1S/C21H40N2O2/c1-3-4-5-6-7-8-9-14-21(18-24)15-10-13-20(21)22-23-16-11-12-19(23)17-25-2/h19,24H,3-18H2,1-2H3/b22-20+/t19-,21+/m1/s1. The fourth-order valence-electron chi connectivity index (χ4n) is 4.57. The molecule has 25 heavy (non-hydrogen) atoms. The Morgan fingerprint density at radius 1 is 1.16 bits per heavy atom. The molecule has 0 amide bonds. The van der Waals surface area contributed by atoms with E-state index in [-0.39, 0.29) is 12.0 Å². The molecular formula is C21H40N2O2. The van der Waals surface area contributed by atoms with Gasteiger partial charge in [0.05, 0.1) is 19.3 Å². The Labute approximate surface area is 155 Å². The fourth-order valence-corrected chi connectivity index (χ4v) is 4.57. The van der Waals surface area contributed by atoms with Gasteiger partial charge in [0.15, 0.2) is 0 Å². The lowest BCUT2D eigenvalue weighted by Gasteiger charge is -2.30. The molecule has 0 aromatic carbocycles. The molecule has 146 valence electrons. The molecule has 0 aromatic heterocycles. The van der Waals surface area contributed by atoms with Crippen molar-refractivity contribution < 1.29 is 9.84 Å². The van der Waals surface area contributed by atoms with Crippen LogP contribution in [0.2, 0.25) is 0 Å². The molecule has 0 radical (unpaired) electrons. The minimum absolute atomic E-state index is 0.0381. The quantitative estimate of drug-likeness (QED) is 0.515. The highest BCUT2D eigenvalue weighted by molar-refractivity contribution is 5.92. The molecule has 0 aromatic rings. The van der Waals surface area contributed by atoms with E-state index in [4.69, 9.17) is 9.84 Å². The zero-order chi connectivity index (χ0) is 18.0. The Bertz CT molecular complexity index is 399. The summed E-state index contributed by atoms with van der Waals surface area (Å²) < 4.78 is 5.36. The second-order valence-electron chi connectivity index (χ2n) is 8.12. The Morgan fingerprint density at radius 2 is 1.92 bits per heavy atom. The molecule has 2 rings (SSSR count). The summed E-state index contributed by atoms with van der Waals surface area (Å²) in [5.74, 6) is 0. The lowest BCUT2D eigenvalue weighted by atomic mass is 9.80. The molecular weight excluding hydrogens is 312 g/mol. The number of aliphatic hydroxyl groups excluding tert-OH is 1. The Balaban J connectivity index is 1.86. The van der Waals surface area contributed by atoms with E-state index in [1.165, 1.54) is 69.9 Å². The molecule has 1 aliphatic heterocycles. The van der Waals surface area contributed by atoms with Crippen molar-refractivity contribution in [3.8, 4) is 0 Å². The highest BCUT2D eigenvalue weighted by Crippen LogP contribution is 2.41. The van der Waals surface area contributed by atoms with Crippen LogP contribution in [0.15, 0.2) is 5.10 Å². The molecule has 1 saturated carbocycles. The predicted molar refractivity (Wildman–Crippen MR) is 105 cm³/mol. The van der Waals surface area contributed by atoms with Crippen molar-refractivity contribution in [2.24, 2.45) is 10.5 Å². The largest absolute Gasteiger partial charge is 0.395 e. The molecule has 4 heteroatoms. The number of hydrazone groups is 1. The zero-order valence-electron chi connectivity index (χ0n) is 16.6. The maximum absolute atomic E-state index is 10.2. The maximum Gasteiger partial charge on any atom is 0.0704 e. The van der Waals surface area contributed by atoms with Gasteiger partial charge < -0.3 is 9.84 Å². The maximum atomic E-state index is 10.2. The first-order chi connectivity index (χ1) is 12.3. The molecule has 2 atom stereocenters. The van der Waals surface area contributed by atoms with Crippen molar-refractivity contribution in [1.82, 2.24) is 5.01 Å². The molecule has 0 spiro atoms. The van der Waals surface area contributed by atoms with E-state index in [0.717, 1.165) is 32.4 Å². The molecule has 0 bridgehead atoms. The molecule has 1 N–H and O–H groups in total. The minimum Gasteiger partial charge on any atom is -0.395 e. The first kappa shape index (κ1) is 20.7. The number of nitrogens with zero attached hydrogens (tertiary/aromatic N) is 2. The summed E-state index contributed by atoms with van der Waals surface area (Å²) in [6, 6.07) is 0.424. The third-order valence-electron chi connectivity index (χ3n) is 6.20. The van der Waals surface area contributed by atoms with Crippen LogP contribution < -0.4 is 0 Å². The van der Waals surface area contributed by atoms with Crippen LogP contribution in [0, 0.1) is 5.41 Å². The predicted octanol–water partition coefficient (Wildman–Crippen LogP) is 4.76. The van der Waals surface area contributed by atoms with E-state index in [0.29, 0.717) is 6.04 Å². The second kappa shape index (κ2) is 11.2. The van der Waals surface area contributed by atoms with Gasteiger partial charge in [-0.05, 0) is 38.5 Å². The van der Waals surface area contributed by atoms with E-state index in [1.54, 1.807) is 7.11 Å². The zero-order valence-corrected chi connectivity index (χ0v) is 16.6. The van der Waals surface area contributed by atoms with Crippen molar-refractivity contribution in [1.29, 1.82) is 0 Å². The smallest absolute Gasteiger partial charge is 0.0704 e. The van der Waals surface area contributed by atoms with Crippen LogP contribution in [0.1, 0.15) is 90.4 Å².